The molecule has 1 aliphatic heterocycles. The molecule has 7 amide bonds. The van der Waals surface area contributed by atoms with E-state index in [1.807, 2.05) is 0 Å². The van der Waals surface area contributed by atoms with Gasteiger partial charge in [-0.15, -0.1) is 0 Å². The van der Waals surface area contributed by atoms with Gasteiger partial charge in [-0.3, -0.25) is 38.4 Å². The van der Waals surface area contributed by atoms with E-state index in [1.54, 1.807) is 0 Å². The third-order valence-corrected chi connectivity index (χ3v) is 9.74. The van der Waals surface area contributed by atoms with E-state index in [-0.39, 0.29) is 37.3 Å². The Morgan fingerprint density at radius 1 is 0.710 bits per heavy atom. The molecule has 0 radical (unpaired) electrons. The quantitative estimate of drug-likeness (QED) is 0.0504. The van der Waals surface area contributed by atoms with Gasteiger partial charge >= 0.3 is 11.9 Å². The minimum Gasteiger partial charge on any atom is -0.508 e. The molecule has 1 heterocycles. The van der Waals surface area contributed by atoms with Crippen LogP contribution in [0, 0.1) is 0 Å². The topological polar surface area (TPSA) is 390 Å². The number of likely N-dealkylation sites (tertiary alicyclic amines) is 1. The first kappa shape index (κ1) is 49.5. The standard InChI is InChI=1S/C39H52N8O15/c1-19(49)32(37(59)45-28(18-48)36(58)42-25(12-13-31(53)54)38(60)47-14-2-3-29(47)39(61)62)46-35(57)27(16-21-6-10-23(51)11-7-21)44-34(56)26(15-20-4-8-22(50)9-5-20)43-33(55)24(40)17-30(41)52/h4-11,19,24-29,32,48-51H,2-3,12-18,40H2,1H3,(H2,41,52)(H,42,58)(H,43,55)(H,44,56)(H,45,59)(H,46,57)(H,53,54)(H,61,62)/t19-,24+,25+,26+,27+,28+,29+,32+/m1/s1. The lowest BCUT2D eigenvalue weighted by Gasteiger charge is -2.29. The lowest BCUT2D eigenvalue weighted by Crippen LogP contribution is -2.62. The van der Waals surface area contributed by atoms with Crippen LogP contribution in [0.4, 0.5) is 0 Å². The summed E-state index contributed by atoms with van der Waals surface area (Å²) in [6.45, 7) is 0.00842. The van der Waals surface area contributed by atoms with Crippen LogP contribution in [-0.4, -0.2) is 150 Å². The number of nitrogens with two attached hydrogens (primary N) is 2. The minimum absolute atomic E-state index is 0.0121. The lowest BCUT2D eigenvalue weighted by molar-refractivity contribution is -0.150. The average molecular weight is 873 g/mol. The van der Waals surface area contributed by atoms with Gasteiger partial charge in [0.05, 0.1) is 25.2 Å². The van der Waals surface area contributed by atoms with E-state index in [0.29, 0.717) is 17.5 Å². The van der Waals surface area contributed by atoms with Crippen molar-refractivity contribution < 1.29 is 73.8 Å². The molecule has 0 aliphatic carbocycles. The summed E-state index contributed by atoms with van der Waals surface area (Å²) in [6.07, 6.45) is -3.45. The van der Waals surface area contributed by atoms with Crippen LogP contribution in [0.25, 0.3) is 0 Å². The highest BCUT2D eigenvalue weighted by atomic mass is 16.4. The first-order valence-electron chi connectivity index (χ1n) is 19.4. The third-order valence-electron chi connectivity index (χ3n) is 9.74. The summed E-state index contributed by atoms with van der Waals surface area (Å²) in [5.41, 5.74) is 11.8. The summed E-state index contributed by atoms with van der Waals surface area (Å²) in [6, 6.07) is -0.0826. The summed E-state index contributed by atoms with van der Waals surface area (Å²) in [7, 11) is 0. The van der Waals surface area contributed by atoms with Gasteiger partial charge in [-0.2, -0.15) is 0 Å². The van der Waals surface area contributed by atoms with Gasteiger partial charge in [0, 0.05) is 25.8 Å². The van der Waals surface area contributed by atoms with Crippen molar-refractivity contribution in [2.75, 3.05) is 13.2 Å². The van der Waals surface area contributed by atoms with E-state index in [1.165, 1.54) is 48.5 Å². The number of aromatic hydroxyl groups is 2. The number of primary amides is 1. The smallest absolute Gasteiger partial charge is 0.326 e. The fourth-order valence-corrected chi connectivity index (χ4v) is 6.41. The number of aliphatic hydroxyl groups is 2. The fraction of sp³-hybridized carbons (Fsp3) is 0.462. The fourth-order valence-electron chi connectivity index (χ4n) is 6.41. The zero-order chi connectivity index (χ0) is 46.3. The number of rotatable bonds is 23. The first-order valence-corrected chi connectivity index (χ1v) is 19.4. The Labute approximate surface area is 354 Å². The van der Waals surface area contributed by atoms with E-state index in [9.17, 15) is 73.8 Å². The molecular formula is C39H52N8O15. The third kappa shape index (κ3) is 15.0. The van der Waals surface area contributed by atoms with Crippen molar-refractivity contribution in [2.45, 2.75) is 100 Å². The molecule has 1 fully saturated rings. The number of carbonyl (C=O) groups excluding carboxylic acids is 7. The first-order chi connectivity index (χ1) is 29.2. The predicted molar refractivity (Wildman–Crippen MR) is 213 cm³/mol. The highest BCUT2D eigenvalue weighted by Gasteiger charge is 2.39. The Kier molecular flexibility index (Phi) is 18.6. The number of carbonyl (C=O) groups is 9. The summed E-state index contributed by atoms with van der Waals surface area (Å²) in [5, 5.41) is 70.7. The van der Waals surface area contributed by atoms with Crippen LogP contribution in [0.5, 0.6) is 11.5 Å². The van der Waals surface area contributed by atoms with Gasteiger partial charge < -0.3 is 73.6 Å². The summed E-state index contributed by atoms with van der Waals surface area (Å²) >= 11 is 0. The molecule has 15 N–H and O–H groups in total. The molecule has 1 aliphatic rings. The van der Waals surface area contributed by atoms with Gasteiger partial charge in [0.15, 0.2) is 0 Å². The molecule has 0 spiro atoms. The molecule has 0 unspecified atom stereocenters. The number of phenolic OH excluding ortho intramolecular Hbond substituents is 2. The molecule has 1 saturated heterocycles. The van der Waals surface area contributed by atoms with Gasteiger partial charge in [0.2, 0.25) is 41.4 Å². The number of phenols is 2. The van der Waals surface area contributed by atoms with Crippen LogP contribution in [0.1, 0.15) is 50.2 Å². The number of carboxylic acids is 2. The van der Waals surface area contributed by atoms with E-state index in [2.05, 4.69) is 26.6 Å². The van der Waals surface area contributed by atoms with Crippen molar-refractivity contribution in [1.82, 2.24) is 31.5 Å². The average Bonchev–Trinajstić information content (AvgIpc) is 3.71. The molecule has 2 aromatic carbocycles. The van der Waals surface area contributed by atoms with Gasteiger partial charge in [0.25, 0.3) is 0 Å². The number of nitrogens with one attached hydrogen (secondary N) is 5. The zero-order valence-corrected chi connectivity index (χ0v) is 33.6. The van der Waals surface area contributed by atoms with Gasteiger partial charge in [-0.25, -0.2) is 4.79 Å². The van der Waals surface area contributed by atoms with E-state index < -0.39 is 128 Å². The highest BCUT2D eigenvalue weighted by molar-refractivity contribution is 5.98. The van der Waals surface area contributed by atoms with Crippen molar-refractivity contribution in [2.24, 2.45) is 11.5 Å². The van der Waals surface area contributed by atoms with E-state index in [4.69, 9.17) is 11.5 Å². The Balaban J connectivity index is 1.86. The normalized spacial score (nSPS) is 16.8. The van der Waals surface area contributed by atoms with Crippen LogP contribution in [-0.2, 0) is 56.0 Å². The van der Waals surface area contributed by atoms with E-state index >= 15 is 0 Å². The second-order valence-corrected chi connectivity index (χ2v) is 14.6. The molecule has 8 atom stereocenters. The Hall–Kier alpha value is -6.85. The predicted octanol–water partition coefficient (Wildman–Crippen LogP) is -4.18. The van der Waals surface area contributed by atoms with E-state index in [0.717, 1.165) is 11.8 Å². The number of nitrogens with zero attached hydrogens (tertiary/aromatic N) is 1. The molecule has 338 valence electrons. The number of hydrogen-bond donors (Lipinski definition) is 13. The van der Waals surface area contributed by atoms with Gasteiger partial charge in [0.1, 0.15) is 47.8 Å². The number of aliphatic hydroxyl groups excluding tert-OH is 2. The second-order valence-electron chi connectivity index (χ2n) is 14.6. The number of aliphatic carboxylic acids is 2. The second kappa shape index (κ2) is 23.2. The Morgan fingerprint density at radius 2 is 1.18 bits per heavy atom. The van der Waals surface area contributed by atoms with Crippen LogP contribution in [0.2, 0.25) is 0 Å². The van der Waals surface area contributed by atoms with Crippen LogP contribution in [0.3, 0.4) is 0 Å². The molecule has 2 aromatic rings. The summed E-state index contributed by atoms with van der Waals surface area (Å²) < 4.78 is 0. The molecule has 3 rings (SSSR count). The van der Waals surface area contributed by atoms with Gasteiger partial charge in [-0.1, -0.05) is 24.3 Å². The highest BCUT2D eigenvalue weighted by Crippen LogP contribution is 2.20. The largest absolute Gasteiger partial charge is 0.508 e. The molecule has 62 heavy (non-hydrogen) atoms. The van der Waals surface area contributed by atoms with Crippen molar-refractivity contribution in [3.8, 4) is 11.5 Å². The monoisotopic (exact) mass is 872 g/mol. The number of carboxylic acid groups (broad SMARTS) is 2. The van der Waals surface area contributed by atoms with Crippen LogP contribution in [0.15, 0.2) is 48.5 Å². The molecule has 23 nitrogen and oxygen atoms in total. The van der Waals surface area contributed by atoms with Crippen LogP contribution >= 0.6 is 0 Å². The minimum atomic E-state index is -1.88. The maximum atomic E-state index is 14.0. The Morgan fingerprint density at radius 3 is 1.65 bits per heavy atom. The molecule has 0 bridgehead atoms. The van der Waals surface area contributed by atoms with Crippen LogP contribution < -0.4 is 38.1 Å². The molecule has 23 heteroatoms. The zero-order valence-electron chi connectivity index (χ0n) is 33.6. The van der Waals surface area contributed by atoms with Crippen molar-refractivity contribution in [3.05, 3.63) is 59.7 Å². The summed E-state index contributed by atoms with van der Waals surface area (Å²) in [5.74, 6) is -10.1. The number of benzene rings is 2. The van der Waals surface area contributed by atoms with Gasteiger partial charge in [-0.05, 0) is 61.6 Å². The number of amides is 7. The molecular weight excluding hydrogens is 820 g/mol. The maximum absolute atomic E-state index is 14.0. The maximum Gasteiger partial charge on any atom is 0.326 e. The molecule has 0 aromatic heterocycles. The molecule has 0 saturated carbocycles. The van der Waals surface area contributed by atoms with Crippen molar-refractivity contribution in [1.29, 1.82) is 0 Å². The number of hydrogen-bond acceptors (Lipinski definition) is 14. The Bertz CT molecular complexity index is 1950. The van der Waals surface area contributed by atoms with Crippen molar-refractivity contribution >= 4 is 53.3 Å². The lowest BCUT2D eigenvalue weighted by atomic mass is 10.0. The summed E-state index contributed by atoms with van der Waals surface area (Å²) in [4.78, 5) is 117. The van der Waals surface area contributed by atoms with Crippen molar-refractivity contribution in [3.63, 3.8) is 0 Å². The SMILES string of the molecule is C[C@@H](O)[C@H](NC(=O)[C@H](Cc1ccc(O)cc1)NC(=O)[C@H](Cc1ccc(O)cc1)NC(=O)[C@@H](N)CC(N)=O)C(=O)N[C@@H](CO)C(=O)N[C@@H](CCC(=O)O)C(=O)N1CCC[C@H]1C(=O)O.